The van der Waals surface area contributed by atoms with Gasteiger partial charge in [-0.2, -0.15) is 13.1 Å². The zero-order valence-corrected chi connectivity index (χ0v) is 26.3. The molecule has 14 nitrogen and oxygen atoms in total. The molecule has 0 aromatic heterocycles. The van der Waals surface area contributed by atoms with E-state index in [2.05, 4.69) is 24.6 Å². The molecular formula is C26H33N5O9S3. The van der Waals surface area contributed by atoms with Crippen LogP contribution in [-0.2, 0) is 45.2 Å². The van der Waals surface area contributed by atoms with E-state index in [1.165, 1.54) is 31.4 Å². The van der Waals surface area contributed by atoms with Crippen LogP contribution in [0.2, 0.25) is 0 Å². The van der Waals surface area contributed by atoms with Crippen molar-refractivity contribution in [2.45, 2.75) is 37.1 Å². The summed E-state index contributed by atoms with van der Waals surface area (Å²) in [5.74, 6) is -2.39. The normalized spacial score (nSPS) is 19.8. The molecule has 0 saturated carbocycles. The number of hydroxylamine groups is 1. The van der Waals surface area contributed by atoms with Gasteiger partial charge in [-0.3, -0.25) is 9.52 Å². The molecule has 0 radical (unpaired) electrons. The molecule has 234 valence electrons. The molecule has 1 atom stereocenters. The number of Topliss-reactive ketones (excluding diaryl/α,β-unsaturated/α-hetero) is 1. The summed E-state index contributed by atoms with van der Waals surface area (Å²) in [6, 6.07) is 9.89. The molecule has 43 heavy (non-hydrogen) atoms. The number of hydrogen-bond acceptors (Lipinski definition) is 11. The quantitative estimate of drug-likeness (QED) is 0.165. The number of hydrogen-bond donors (Lipinski definition) is 5. The van der Waals surface area contributed by atoms with Crippen molar-refractivity contribution in [3.05, 3.63) is 59.2 Å². The van der Waals surface area contributed by atoms with Gasteiger partial charge in [-0.05, 0) is 42.5 Å². The average Bonchev–Trinajstić information content (AvgIpc) is 2.89. The maximum atomic E-state index is 14.5. The van der Waals surface area contributed by atoms with Gasteiger partial charge in [-0.25, -0.2) is 22.3 Å². The topological polar surface area (TPSA) is 209 Å². The fourth-order valence-electron chi connectivity index (χ4n) is 4.90. The average molecular weight is 656 g/mol. The van der Waals surface area contributed by atoms with Crippen LogP contribution in [0.3, 0.4) is 0 Å². The minimum atomic E-state index is -4.52. The molecule has 17 heteroatoms. The highest BCUT2D eigenvalue weighted by Crippen LogP contribution is 2.43. The number of nitrogens with zero attached hydrogens (tertiary/aromatic N) is 1. The smallest absolute Gasteiger partial charge is 0.286 e. The number of benzene rings is 2. The zero-order valence-electron chi connectivity index (χ0n) is 23.8. The van der Waals surface area contributed by atoms with Gasteiger partial charge in [-0.1, -0.05) is 38.1 Å². The van der Waals surface area contributed by atoms with Gasteiger partial charge < -0.3 is 15.3 Å². The van der Waals surface area contributed by atoms with E-state index in [1.54, 1.807) is 12.1 Å². The standard InChI is InChI=1S/C26H33N5O9S3/c1-16(2)11-12-26(31-42(36,37)14-13-27-40-3)19-8-6-5-7-18(19)23(32)22(24(26)33)25-28-20-10-9-17(29-41(4,34)35)15-21(20)43(38,39)30-25/h5-10,15-16,27,29,31-32H,11-14H2,1-4H3,(H,28,30). The first kappa shape index (κ1) is 32.6. The highest BCUT2D eigenvalue weighted by atomic mass is 32.2. The number of anilines is 2. The van der Waals surface area contributed by atoms with Crippen molar-refractivity contribution in [3.63, 3.8) is 0 Å². The van der Waals surface area contributed by atoms with Crippen LogP contribution in [0.15, 0.2) is 57.3 Å². The Morgan fingerprint density at radius 3 is 2.47 bits per heavy atom. The molecule has 0 saturated heterocycles. The van der Waals surface area contributed by atoms with E-state index in [0.29, 0.717) is 6.42 Å². The van der Waals surface area contributed by atoms with Crippen molar-refractivity contribution < 1.29 is 40.0 Å². The predicted octanol–water partition coefficient (Wildman–Crippen LogP) is 1.82. The van der Waals surface area contributed by atoms with E-state index in [-0.39, 0.29) is 46.3 Å². The minimum Gasteiger partial charge on any atom is -0.506 e. The van der Waals surface area contributed by atoms with Crippen molar-refractivity contribution in [1.29, 1.82) is 0 Å². The molecule has 5 N–H and O–H groups in total. The highest BCUT2D eigenvalue weighted by molar-refractivity contribution is 7.92. The number of aliphatic hydroxyl groups excluding tert-OH is 1. The molecule has 1 unspecified atom stereocenters. The van der Waals surface area contributed by atoms with Crippen LogP contribution in [0.1, 0.15) is 37.8 Å². The molecule has 0 spiro atoms. The number of fused-ring (bicyclic) bond motifs is 2. The van der Waals surface area contributed by atoms with Crippen LogP contribution >= 0.6 is 0 Å². The van der Waals surface area contributed by atoms with Gasteiger partial charge in [0.1, 0.15) is 21.8 Å². The lowest BCUT2D eigenvalue weighted by molar-refractivity contribution is -0.121. The number of carbonyl (C=O) groups excluding carboxylic acids is 1. The summed E-state index contributed by atoms with van der Waals surface area (Å²) in [6.07, 6.45) is 1.29. The van der Waals surface area contributed by atoms with Crippen LogP contribution in [0, 0.1) is 5.92 Å². The summed E-state index contributed by atoms with van der Waals surface area (Å²) in [5.41, 5.74) is 0.292. The summed E-state index contributed by atoms with van der Waals surface area (Å²) < 4.78 is 85.1. The Morgan fingerprint density at radius 1 is 1.12 bits per heavy atom. The maximum absolute atomic E-state index is 14.5. The van der Waals surface area contributed by atoms with E-state index in [1.807, 2.05) is 13.8 Å². The maximum Gasteiger partial charge on any atom is 0.286 e. The monoisotopic (exact) mass is 655 g/mol. The summed E-state index contributed by atoms with van der Waals surface area (Å²) >= 11 is 0. The molecule has 2 aromatic carbocycles. The molecule has 2 aromatic rings. The van der Waals surface area contributed by atoms with Gasteiger partial charge in [0.05, 0.1) is 24.8 Å². The van der Waals surface area contributed by atoms with Crippen LogP contribution in [-0.4, -0.2) is 67.6 Å². The summed E-state index contributed by atoms with van der Waals surface area (Å²) in [6.45, 7) is 3.72. The number of sulfonamides is 3. The largest absolute Gasteiger partial charge is 0.506 e. The molecular weight excluding hydrogens is 623 g/mol. The fraction of sp³-hybridized carbons (Fsp3) is 0.385. The summed E-state index contributed by atoms with van der Waals surface area (Å²) in [4.78, 5) is 18.9. The first-order valence-electron chi connectivity index (χ1n) is 13.1. The first-order chi connectivity index (χ1) is 20.0. The Morgan fingerprint density at radius 2 is 1.81 bits per heavy atom. The van der Waals surface area contributed by atoms with E-state index < -0.39 is 64.3 Å². The van der Waals surface area contributed by atoms with Crippen LogP contribution in [0.4, 0.5) is 11.4 Å². The lowest BCUT2D eigenvalue weighted by atomic mass is 9.72. The Bertz CT molecular complexity index is 1840. The molecule has 0 amide bonds. The highest BCUT2D eigenvalue weighted by Gasteiger charge is 2.51. The van der Waals surface area contributed by atoms with Gasteiger partial charge in [0.25, 0.3) is 10.0 Å². The van der Waals surface area contributed by atoms with Gasteiger partial charge in [0, 0.05) is 17.8 Å². The molecule has 2 aliphatic rings. The fourth-order valence-corrected chi connectivity index (χ4v) is 7.90. The number of ketones is 1. The van der Waals surface area contributed by atoms with Gasteiger partial charge >= 0.3 is 0 Å². The second-order valence-electron chi connectivity index (χ2n) is 10.6. The third-order valence-electron chi connectivity index (χ3n) is 6.80. The number of amidine groups is 1. The van der Waals surface area contributed by atoms with E-state index in [0.717, 1.165) is 12.3 Å². The van der Waals surface area contributed by atoms with Crippen LogP contribution in [0.25, 0.3) is 5.76 Å². The zero-order chi connectivity index (χ0) is 31.8. The Kier molecular flexibility index (Phi) is 9.07. The van der Waals surface area contributed by atoms with E-state index >= 15 is 0 Å². The third-order valence-corrected chi connectivity index (χ3v) is 10.1. The summed E-state index contributed by atoms with van der Waals surface area (Å²) in [7, 11) is -11.1. The van der Waals surface area contributed by atoms with E-state index in [4.69, 9.17) is 4.84 Å². The Balaban J connectivity index is 1.88. The van der Waals surface area contributed by atoms with Crippen molar-refractivity contribution in [2.75, 3.05) is 35.7 Å². The minimum absolute atomic E-state index is 0.00856. The molecule has 4 rings (SSSR count). The van der Waals surface area contributed by atoms with Gasteiger partial charge in [-0.15, -0.1) is 4.40 Å². The second-order valence-corrected chi connectivity index (χ2v) is 15.7. The van der Waals surface area contributed by atoms with Gasteiger partial charge in [0.15, 0.2) is 11.6 Å². The number of rotatable bonds is 12. The predicted molar refractivity (Wildman–Crippen MR) is 162 cm³/mol. The molecule has 1 aliphatic heterocycles. The lowest BCUT2D eigenvalue weighted by Gasteiger charge is -2.39. The number of carbonyl (C=O) groups is 1. The Labute approximate surface area is 250 Å². The van der Waals surface area contributed by atoms with Crippen LogP contribution < -0.4 is 20.2 Å². The van der Waals surface area contributed by atoms with Crippen molar-refractivity contribution >= 4 is 58.8 Å². The SMILES string of the molecule is CONCCS(=O)(=O)NC1(CCC(C)C)C(=O)C(C2=NS(=O)(=O)c3cc(NS(C)(=O)=O)ccc3N2)=C(O)c2ccccc21. The lowest BCUT2D eigenvalue weighted by Crippen LogP contribution is -2.56. The molecule has 0 bridgehead atoms. The first-order valence-corrected chi connectivity index (χ1v) is 18.1. The van der Waals surface area contributed by atoms with Crippen LogP contribution in [0.5, 0.6) is 0 Å². The summed E-state index contributed by atoms with van der Waals surface area (Å²) in [5, 5.41) is 14.1. The number of aliphatic hydroxyl groups is 1. The third kappa shape index (κ3) is 6.91. The van der Waals surface area contributed by atoms with Crippen molar-refractivity contribution in [2.24, 2.45) is 10.3 Å². The number of nitrogens with one attached hydrogen (secondary N) is 4. The molecule has 1 heterocycles. The second kappa shape index (κ2) is 12.0. The van der Waals surface area contributed by atoms with Crippen molar-refractivity contribution in [3.8, 4) is 0 Å². The van der Waals surface area contributed by atoms with E-state index in [9.17, 15) is 35.2 Å². The molecule has 0 fully saturated rings. The van der Waals surface area contributed by atoms with Crippen molar-refractivity contribution in [1.82, 2.24) is 10.2 Å². The Hall–Kier alpha value is -3.35. The van der Waals surface area contributed by atoms with Gasteiger partial charge in [0.2, 0.25) is 20.0 Å². The molecule has 1 aliphatic carbocycles.